The van der Waals surface area contributed by atoms with Crippen LogP contribution < -0.4 is 5.32 Å². The van der Waals surface area contributed by atoms with Crippen LogP contribution in [0.1, 0.15) is 44.2 Å². The lowest BCUT2D eigenvalue weighted by molar-refractivity contribution is 0.184. The number of halogens is 1. The molecule has 1 saturated carbocycles. The molecular weight excluding hydrogens is 300 g/mol. The lowest BCUT2D eigenvalue weighted by Gasteiger charge is -2.34. The van der Waals surface area contributed by atoms with Gasteiger partial charge in [0, 0.05) is 22.6 Å². The van der Waals surface area contributed by atoms with Gasteiger partial charge in [-0.3, -0.25) is 0 Å². The molecular formula is C16H23BrN2. The molecule has 2 fully saturated rings. The molecule has 1 aliphatic carbocycles. The zero-order valence-corrected chi connectivity index (χ0v) is 13.2. The minimum Gasteiger partial charge on any atom is -0.307 e. The minimum atomic E-state index is 0.424. The number of hydrogen-bond acceptors (Lipinski definition) is 2. The number of hydrogen-bond donors (Lipinski definition) is 1. The summed E-state index contributed by atoms with van der Waals surface area (Å²) in [6.07, 6.45) is 5.47. The number of nitrogens with one attached hydrogen (secondary N) is 1. The summed E-state index contributed by atoms with van der Waals surface area (Å²) < 4.78 is 1.21. The molecule has 0 radical (unpaired) electrons. The molecule has 3 rings (SSSR count). The average Bonchev–Trinajstić information content (AvgIpc) is 3.24. The average molecular weight is 323 g/mol. The molecule has 0 aromatic heterocycles. The van der Waals surface area contributed by atoms with Crippen molar-refractivity contribution in [1.82, 2.24) is 10.2 Å². The van der Waals surface area contributed by atoms with Crippen LogP contribution in [0, 0.1) is 0 Å². The largest absolute Gasteiger partial charge is 0.307 e. The van der Waals surface area contributed by atoms with E-state index in [1.54, 1.807) is 0 Å². The van der Waals surface area contributed by atoms with Crippen molar-refractivity contribution in [2.45, 2.75) is 50.7 Å². The number of likely N-dealkylation sites (tertiary alicyclic amines) is 1. The highest BCUT2D eigenvalue weighted by molar-refractivity contribution is 9.10. The molecule has 1 aromatic rings. The molecule has 1 saturated heterocycles. The van der Waals surface area contributed by atoms with Gasteiger partial charge in [0.2, 0.25) is 0 Å². The molecule has 2 aliphatic rings. The maximum Gasteiger partial charge on any atom is 0.0305 e. The van der Waals surface area contributed by atoms with Gasteiger partial charge in [-0.15, -0.1) is 0 Å². The second kappa shape index (κ2) is 5.94. The third kappa shape index (κ3) is 3.39. The Balaban J connectivity index is 1.52. The predicted molar refractivity (Wildman–Crippen MR) is 83.3 cm³/mol. The summed E-state index contributed by atoms with van der Waals surface area (Å²) in [6, 6.07) is 10.6. The van der Waals surface area contributed by atoms with Crippen molar-refractivity contribution in [2.24, 2.45) is 0 Å². The quantitative estimate of drug-likeness (QED) is 0.908. The normalized spacial score (nSPS) is 23.5. The van der Waals surface area contributed by atoms with Crippen molar-refractivity contribution in [1.29, 1.82) is 0 Å². The van der Waals surface area contributed by atoms with Crippen molar-refractivity contribution in [3.05, 3.63) is 34.3 Å². The predicted octanol–water partition coefficient (Wildman–Crippen LogP) is 3.73. The van der Waals surface area contributed by atoms with E-state index in [9.17, 15) is 0 Å². The van der Waals surface area contributed by atoms with Crippen LogP contribution in [0.25, 0.3) is 0 Å². The Bertz CT molecular complexity index is 423. The van der Waals surface area contributed by atoms with E-state index in [0.29, 0.717) is 12.1 Å². The molecule has 1 heterocycles. The van der Waals surface area contributed by atoms with Crippen molar-refractivity contribution in [3.8, 4) is 0 Å². The summed E-state index contributed by atoms with van der Waals surface area (Å²) >= 11 is 3.65. The van der Waals surface area contributed by atoms with Gasteiger partial charge < -0.3 is 10.2 Å². The maximum absolute atomic E-state index is 3.80. The fourth-order valence-electron chi connectivity index (χ4n) is 3.14. The van der Waals surface area contributed by atoms with E-state index in [0.717, 1.165) is 6.04 Å². The van der Waals surface area contributed by atoms with E-state index < -0.39 is 0 Å². The Kier molecular flexibility index (Phi) is 4.25. The van der Waals surface area contributed by atoms with Crippen LogP contribution in [0.4, 0.5) is 0 Å². The highest BCUT2D eigenvalue weighted by Gasteiger charge is 2.32. The summed E-state index contributed by atoms with van der Waals surface area (Å²) in [5.74, 6) is 0. The smallest absolute Gasteiger partial charge is 0.0305 e. The van der Waals surface area contributed by atoms with Crippen LogP contribution in [0.15, 0.2) is 28.7 Å². The number of rotatable bonds is 4. The first-order valence-electron chi connectivity index (χ1n) is 7.48. The van der Waals surface area contributed by atoms with Crippen LogP contribution in [0.2, 0.25) is 0 Å². The van der Waals surface area contributed by atoms with E-state index in [1.165, 1.54) is 48.8 Å². The molecule has 3 heteroatoms. The van der Waals surface area contributed by atoms with Crippen molar-refractivity contribution in [2.75, 3.05) is 13.1 Å². The van der Waals surface area contributed by atoms with Crippen molar-refractivity contribution < 1.29 is 0 Å². The Hall–Kier alpha value is -0.380. The summed E-state index contributed by atoms with van der Waals surface area (Å²) in [4.78, 5) is 2.68. The lowest BCUT2D eigenvalue weighted by Crippen LogP contribution is -2.44. The highest BCUT2D eigenvalue weighted by Crippen LogP contribution is 2.30. The van der Waals surface area contributed by atoms with Crippen LogP contribution >= 0.6 is 15.9 Å². The fraction of sp³-hybridized carbons (Fsp3) is 0.625. The monoisotopic (exact) mass is 322 g/mol. The maximum atomic E-state index is 3.80. The summed E-state index contributed by atoms with van der Waals surface area (Å²) in [5.41, 5.74) is 1.37. The molecule has 1 atom stereocenters. The van der Waals surface area contributed by atoms with Gasteiger partial charge in [-0.1, -0.05) is 34.1 Å². The number of benzene rings is 1. The first kappa shape index (κ1) is 13.6. The lowest BCUT2D eigenvalue weighted by atomic mass is 10.0. The Labute approximate surface area is 124 Å². The first-order valence-corrected chi connectivity index (χ1v) is 8.28. The second-order valence-corrected chi connectivity index (χ2v) is 6.81. The Morgan fingerprint density at radius 2 is 1.84 bits per heavy atom. The number of piperidine rings is 1. The fourth-order valence-corrected chi connectivity index (χ4v) is 3.77. The molecule has 104 valence electrons. The van der Waals surface area contributed by atoms with E-state index in [2.05, 4.69) is 57.3 Å². The minimum absolute atomic E-state index is 0.424. The van der Waals surface area contributed by atoms with Crippen molar-refractivity contribution in [3.63, 3.8) is 0 Å². The van der Waals surface area contributed by atoms with Gasteiger partial charge in [0.15, 0.2) is 0 Å². The molecule has 1 aromatic carbocycles. The zero-order chi connectivity index (χ0) is 13.2. The van der Waals surface area contributed by atoms with E-state index in [4.69, 9.17) is 0 Å². The molecule has 1 aliphatic heterocycles. The zero-order valence-electron chi connectivity index (χ0n) is 11.6. The van der Waals surface area contributed by atoms with E-state index in [1.807, 2.05) is 0 Å². The van der Waals surface area contributed by atoms with Crippen LogP contribution in [0.3, 0.4) is 0 Å². The third-order valence-corrected chi connectivity index (χ3v) is 5.17. The van der Waals surface area contributed by atoms with Gasteiger partial charge in [0.1, 0.15) is 0 Å². The van der Waals surface area contributed by atoms with Gasteiger partial charge in [-0.2, -0.15) is 0 Å². The Morgan fingerprint density at radius 3 is 2.47 bits per heavy atom. The Morgan fingerprint density at radius 1 is 1.16 bits per heavy atom. The van der Waals surface area contributed by atoms with Gasteiger partial charge in [0.25, 0.3) is 0 Å². The van der Waals surface area contributed by atoms with Crippen molar-refractivity contribution >= 4 is 15.9 Å². The SMILES string of the molecule is CC(NC1CCN(C2CC2)CC1)c1ccccc1Br. The standard InChI is InChI=1S/C16H23BrN2/c1-12(15-4-2-3-5-16(15)17)18-13-8-10-19(11-9-13)14-6-7-14/h2-5,12-14,18H,6-11H2,1H3. The van der Waals surface area contributed by atoms with Crippen LogP contribution in [0.5, 0.6) is 0 Å². The van der Waals surface area contributed by atoms with E-state index >= 15 is 0 Å². The van der Waals surface area contributed by atoms with Gasteiger partial charge in [-0.25, -0.2) is 0 Å². The molecule has 0 bridgehead atoms. The molecule has 1 N–H and O–H groups in total. The molecule has 0 spiro atoms. The second-order valence-electron chi connectivity index (χ2n) is 5.95. The summed E-state index contributed by atoms with van der Waals surface area (Å²) in [7, 11) is 0. The van der Waals surface area contributed by atoms with Crippen LogP contribution in [-0.4, -0.2) is 30.1 Å². The van der Waals surface area contributed by atoms with Gasteiger partial charge in [-0.05, 0) is 57.3 Å². The van der Waals surface area contributed by atoms with Gasteiger partial charge >= 0.3 is 0 Å². The topological polar surface area (TPSA) is 15.3 Å². The molecule has 0 amide bonds. The van der Waals surface area contributed by atoms with Gasteiger partial charge in [0.05, 0.1) is 0 Å². The molecule has 2 nitrogen and oxygen atoms in total. The first-order chi connectivity index (χ1) is 9.24. The molecule has 19 heavy (non-hydrogen) atoms. The summed E-state index contributed by atoms with van der Waals surface area (Å²) in [5, 5.41) is 3.80. The third-order valence-electron chi connectivity index (χ3n) is 4.45. The number of nitrogens with zero attached hydrogens (tertiary/aromatic N) is 1. The highest BCUT2D eigenvalue weighted by atomic mass is 79.9. The van der Waals surface area contributed by atoms with E-state index in [-0.39, 0.29) is 0 Å². The molecule has 1 unspecified atom stereocenters. The summed E-state index contributed by atoms with van der Waals surface area (Å²) in [6.45, 7) is 4.84. The van der Waals surface area contributed by atoms with Crippen LogP contribution in [-0.2, 0) is 0 Å².